The van der Waals surface area contributed by atoms with E-state index in [1.54, 1.807) is 0 Å². The summed E-state index contributed by atoms with van der Waals surface area (Å²) in [5, 5.41) is 2.35. The lowest BCUT2D eigenvalue weighted by molar-refractivity contribution is 0.177. The fraction of sp³-hybridized carbons (Fsp3) is 0.438. The van der Waals surface area contributed by atoms with E-state index in [1.165, 1.54) is 24.4 Å². The number of ether oxygens (including phenoxy) is 1. The molecule has 5 heteroatoms. The van der Waals surface area contributed by atoms with Gasteiger partial charge in [-0.3, -0.25) is 0 Å². The molecule has 5 nitrogen and oxygen atoms in total. The number of aromatic amines is 1. The molecule has 1 aliphatic heterocycles. The molecule has 2 N–H and O–H groups in total. The Hall–Kier alpha value is -2.01. The molecule has 0 saturated carbocycles. The van der Waals surface area contributed by atoms with E-state index in [0.29, 0.717) is 21.4 Å². The number of likely N-dealkylation sites (N-methyl/N-ethyl adjacent to an activating group) is 1. The van der Waals surface area contributed by atoms with Crippen LogP contribution in [-0.4, -0.2) is 49.1 Å². The fourth-order valence-corrected chi connectivity index (χ4v) is 2.15. The van der Waals surface area contributed by atoms with Gasteiger partial charge in [-0.15, -0.1) is 0 Å². The predicted molar refractivity (Wildman–Crippen MR) is 82.5 cm³/mol. The summed E-state index contributed by atoms with van der Waals surface area (Å²) < 4.78 is 89.9. The van der Waals surface area contributed by atoms with E-state index in [-0.39, 0.29) is 18.5 Å². The summed E-state index contributed by atoms with van der Waals surface area (Å²) >= 11 is 0. The quantitative estimate of drug-likeness (QED) is 0.887. The standard InChI is InChI=1S/C16H21N3O2/c1-19(2)6-5-12-9-17-15-4-3-11(8-14(12)15)7-13-10-21-16(20)18-13/h3-4,8-9,13,17H,5-7,10H2,1-2H3,(H,18,20)/t13-/m0/s1/i1D3,2D3,7D2,10D2,13D. The van der Waals surface area contributed by atoms with Crippen LogP contribution in [0.5, 0.6) is 0 Å². The number of aromatic nitrogens is 1. The van der Waals surface area contributed by atoms with Crippen LogP contribution in [-0.2, 0) is 17.5 Å². The van der Waals surface area contributed by atoms with Crippen LogP contribution in [0.15, 0.2) is 24.4 Å². The lowest BCUT2D eigenvalue weighted by Gasteiger charge is -2.09. The van der Waals surface area contributed by atoms with Crippen molar-refractivity contribution >= 4 is 17.0 Å². The largest absolute Gasteiger partial charge is 0.447 e. The average Bonchev–Trinajstić information content (AvgIpc) is 3.10. The maximum Gasteiger partial charge on any atom is 0.407 e. The second-order valence-electron chi connectivity index (χ2n) is 4.59. The lowest BCUT2D eigenvalue weighted by Crippen LogP contribution is -2.28. The number of alkyl carbamates (subject to hydrolysis) is 1. The summed E-state index contributed by atoms with van der Waals surface area (Å²) in [7, 11) is 0. The van der Waals surface area contributed by atoms with Gasteiger partial charge in [0.2, 0.25) is 0 Å². The van der Waals surface area contributed by atoms with Gasteiger partial charge in [0.1, 0.15) is 6.56 Å². The van der Waals surface area contributed by atoms with E-state index in [1.807, 2.05) is 5.32 Å². The van der Waals surface area contributed by atoms with Crippen LogP contribution < -0.4 is 5.32 Å². The molecule has 0 spiro atoms. The van der Waals surface area contributed by atoms with E-state index >= 15 is 0 Å². The molecule has 21 heavy (non-hydrogen) atoms. The zero-order chi connectivity index (χ0) is 24.3. The van der Waals surface area contributed by atoms with Crippen molar-refractivity contribution in [2.45, 2.75) is 18.8 Å². The number of rotatable bonds is 5. The molecule has 1 aromatic carbocycles. The van der Waals surface area contributed by atoms with Crippen molar-refractivity contribution in [3.05, 3.63) is 35.5 Å². The first-order valence-corrected chi connectivity index (χ1v) is 6.29. The topological polar surface area (TPSA) is 57.4 Å². The molecule has 1 saturated heterocycles. The van der Waals surface area contributed by atoms with Gasteiger partial charge in [-0.2, -0.15) is 0 Å². The molecule has 2 aromatic rings. The number of hydrogen-bond acceptors (Lipinski definition) is 3. The summed E-state index contributed by atoms with van der Waals surface area (Å²) in [6.07, 6.45) is -2.44. The van der Waals surface area contributed by atoms with E-state index in [9.17, 15) is 4.79 Å². The van der Waals surface area contributed by atoms with Crippen LogP contribution in [0.1, 0.15) is 26.2 Å². The number of nitrogens with one attached hydrogen (secondary N) is 2. The second kappa shape index (κ2) is 5.77. The zero-order valence-electron chi connectivity index (χ0n) is 22.0. The number of carbonyl (C=O) groups is 1. The van der Waals surface area contributed by atoms with Crippen molar-refractivity contribution in [3.63, 3.8) is 0 Å². The van der Waals surface area contributed by atoms with Gasteiger partial charge < -0.3 is 19.9 Å². The van der Waals surface area contributed by atoms with Crippen LogP contribution in [0.2, 0.25) is 0 Å². The number of carbonyl (C=O) groups excluding carboxylic acids is 1. The highest BCUT2D eigenvalue weighted by Gasteiger charge is 2.22. The van der Waals surface area contributed by atoms with Crippen molar-refractivity contribution < 1.29 is 24.6 Å². The van der Waals surface area contributed by atoms with Gasteiger partial charge >= 0.3 is 6.09 Å². The molecule has 0 radical (unpaired) electrons. The molecule has 2 heterocycles. The molecule has 1 fully saturated rings. The highest BCUT2D eigenvalue weighted by Crippen LogP contribution is 2.21. The number of benzene rings is 1. The smallest absolute Gasteiger partial charge is 0.407 e. The molecule has 1 atom stereocenters. The Bertz CT molecular complexity index is 1020. The van der Waals surface area contributed by atoms with Gasteiger partial charge in [-0.1, -0.05) is 6.07 Å². The summed E-state index contributed by atoms with van der Waals surface area (Å²) in [5.41, 5.74) is 0.923. The molecular weight excluding hydrogens is 266 g/mol. The Balaban J connectivity index is 1.97. The molecular formula is C16H21N3O2. The van der Waals surface area contributed by atoms with Crippen LogP contribution in [0.25, 0.3) is 10.9 Å². The third kappa shape index (κ3) is 3.19. The Kier molecular flexibility index (Phi) is 1.65. The first-order valence-electron chi connectivity index (χ1n) is 11.8. The highest BCUT2D eigenvalue weighted by atomic mass is 16.6. The predicted octanol–water partition coefficient (Wildman–Crippen LogP) is 1.92. The van der Waals surface area contributed by atoms with Gasteiger partial charge in [-0.25, -0.2) is 4.79 Å². The summed E-state index contributed by atoms with van der Waals surface area (Å²) in [6.45, 7) is -8.97. The number of cyclic esters (lactones) is 1. The third-order valence-electron chi connectivity index (χ3n) is 3.11. The van der Waals surface area contributed by atoms with E-state index in [4.69, 9.17) is 15.1 Å². The van der Waals surface area contributed by atoms with Crippen LogP contribution in [0, 0.1) is 0 Å². The third-order valence-corrected chi connectivity index (χ3v) is 3.11. The SMILES string of the molecule is [2H]C([2H])([2H])N(CCc1c[nH]c2ccc(C([2H])([2H])[C@]3([2H])NC(=O)OC3([2H])[2H])cc12)C([2H])([2H])[2H]. The molecule has 3 rings (SSSR count). The summed E-state index contributed by atoms with van der Waals surface area (Å²) in [6, 6.07) is 1.40. The zero-order valence-corrected chi connectivity index (χ0v) is 11.0. The summed E-state index contributed by atoms with van der Waals surface area (Å²) in [5.74, 6) is 0. The van der Waals surface area contributed by atoms with Crippen molar-refractivity contribution in [2.75, 3.05) is 27.1 Å². The minimum absolute atomic E-state index is 0.00985. The Morgan fingerprint density at radius 1 is 1.62 bits per heavy atom. The normalized spacial score (nSPS) is 33.8. The van der Waals surface area contributed by atoms with Gasteiger partial charge in [-0.05, 0) is 50.0 Å². The average molecular weight is 298 g/mol. The minimum atomic E-state index is -2.95. The summed E-state index contributed by atoms with van der Waals surface area (Å²) in [4.78, 5) is 14.9. The van der Waals surface area contributed by atoms with Crippen LogP contribution in [0.3, 0.4) is 0 Å². The lowest BCUT2D eigenvalue weighted by atomic mass is 10.0. The Morgan fingerprint density at radius 2 is 2.52 bits per heavy atom. The number of hydrogen-bond donors (Lipinski definition) is 2. The number of nitrogens with zero attached hydrogens (tertiary/aromatic N) is 1. The van der Waals surface area contributed by atoms with Crippen molar-refractivity contribution in [2.24, 2.45) is 0 Å². The number of amides is 1. The Labute approximate surface area is 139 Å². The fourth-order valence-electron chi connectivity index (χ4n) is 2.15. The highest BCUT2D eigenvalue weighted by molar-refractivity contribution is 5.84. The maximum absolute atomic E-state index is 11.5. The van der Waals surface area contributed by atoms with E-state index in [0.717, 1.165) is 0 Å². The van der Waals surface area contributed by atoms with Gasteiger partial charge in [0.15, 0.2) is 0 Å². The number of fused-ring (bicyclic) bond motifs is 1. The Morgan fingerprint density at radius 3 is 3.29 bits per heavy atom. The van der Waals surface area contributed by atoms with E-state index < -0.39 is 39.0 Å². The minimum Gasteiger partial charge on any atom is -0.447 e. The van der Waals surface area contributed by atoms with Crippen molar-refractivity contribution in [1.29, 1.82) is 0 Å². The molecule has 112 valence electrons. The van der Waals surface area contributed by atoms with Crippen LogP contribution >= 0.6 is 0 Å². The first-order chi connectivity index (χ1) is 14.4. The first kappa shape index (κ1) is 6.01. The molecule has 1 amide bonds. The van der Waals surface area contributed by atoms with Gasteiger partial charge in [0.25, 0.3) is 0 Å². The van der Waals surface area contributed by atoms with Crippen molar-refractivity contribution in [3.8, 4) is 0 Å². The molecule has 1 aliphatic rings. The number of H-pyrrole nitrogens is 1. The van der Waals surface area contributed by atoms with Crippen LogP contribution in [0.4, 0.5) is 4.79 Å². The molecule has 0 bridgehead atoms. The monoisotopic (exact) mass is 298 g/mol. The molecule has 0 unspecified atom stereocenters. The van der Waals surface area contributed by atoms with E-state index in [2.05, 4.69) is 9.72 Å². The molecule has 0 aliphatic carbocycles. The van der Waals surface area contributed by atoms with Crippen molar-refractivity contribution in [1.82, 2.24) is 15.2 Å². The molecule has 1 aromatic heterocycles. The maximum atomic E-state index is 11.5. The van der Waals surface area contributed by atoms with Gasteiger partial charge in [0.05, 0.1) is 10.1 Å². The van der Waals surface area contributed by atoms with Gasteiger partial charge in [0, 0.05) is 34.6 Å². The second-order valence-corrected chi connectivity index (χ2v) is 4.59.